The highest BCUT2D eigenvalue weighted by atomic mass is 16.5. The minimum atomic E-state index is 0.298. The van der Waals surface area contributed by atoms with Gasteiger partial charge in [-0.3, -0.25) is 4.57 Å². The Labute approximate surface area is 184 Å². The van der Waals surface area contributed by atoms with Crippen molar-refractivity contribution in [2.45, 2.75) is 26.7 Å². The number of rotatable bonds is 8. The molecule has 6 heteroatoms. The summed E-state index contributed by atoms with van der Waals surface area (Å²) in [4.78, 5) is 6.79. The number of para-hydroxylation sites is 1. The number of nitrogens with two attached hydrogens (primary N) is 2. The monoisotopic (exact) mass is 419 g/mol. The summed E-state index contributed by atoms with van der Waals surface area (Å²) in [6, 6.07) is 8.23. The lowest BCUT2D eigenvalue weighted by atomic mass is 10.1. The third-order valence-corrected chi connectivity index (χ3v) is 5.57. The number of hydrogen-bond acceptors (Lipinski definition) is 4. The molecule has 4 N–H and O–H groups in total. The van der Waals surface area contributed by atoms with E-state index in [4.69, 9.17) is 16.2 Å². The lowest BCUT2D eigenvalue weighted by molar-refractivity contribution is 0.0553. The number of unbranched alkanes of at least 4 members (excludes halogenated alkanes) is 1. The Morgan fingerprint density at radius 2 is 1.94 bits per heavy atom. The molecule has 2 heterocycles. The van der Waals surface area contributed by atoms with Crippen molar-refractivity contribution in [3.8, 4) is 0 Å². The molecule has 3 rings (SSSR count). The van der Waals surface area contributed by atoms with Gasteiger partial charge in [0.1, 0.15) is 5.84 Å². The van der Waals surface area contributed by atoms with Gasteiger partial charge in [0, 0.05) is 35.9 Å². The maximum absolute atomic E-state index is 6.37. The van der Waals surface area contributed by atoms with Crippen LogP contribution in [0.3, 0.4) is 0 Å². The third-order valence-electron chi connectivity index (χ3n) is 5.57. The molecular formula is C25H33N5O. The molecule has 0 amide bonds. The van der Waals surface area contributed by atoms with Crippen LogP contribution in [0.5, 0.6) is 0 Å². The maximum Gasteiger partial charge on any atom is 0.155 e. The van der Waals surface area contributed by atoms with Gasteiger partial charge in [-0.2, -0.15) is 0 Å². The Kier molecular flexibility index (Phi) is 7.36. The number of aliphatic imine (C=N–C) groups is 1. The lowest BCUT2D eigenvalue weighted by Crippen LogP contribution is -2.37. The molecule has 0 radical (unpaired) electrons. The van der Waals surface area contributed by atoms with E-state index >= 15 is 0 Å². The van der Waals surface area contributed by atoms with E-state index in [9.17, 15) is 0 Å². The molecule has 0 unspecified atom stereocenters. The fraction of sp³-hybridized carbons (Fsp3) is 0.320. The zero-order chi connectivity index (χ0) is 22.4. The Hall–Kier alpha value is -3.25. The van der Waals surface area contributed by atoms with Gasteiger partial charge in [0.2, 0.25) is 0 Å². The second-order valence-corrected chi connectivity index (χ2v) is 7.60. The average molecular weight is 420 g/mol. The number of amidine groups is 1. The molecule has 0 spiro atoms. The number of fused-ring (bicyclic) bond motifs is 1. The van der Waals surface area contributed by atoms with Crippen LogP contribution in [0.25, 0.3) is 22.8 Å². The summed E-state index contributed by atoms with van der Waals surface area (Å²) >= 11 is 0. The first-order chi connectivity index (χ1) is 15.0. The highest BCUT2D eigenvalue weighted by Gasteiger charge is 2.18. The van der Waals surface area contributed by atoms with Gasteiger partial charge in [0.05, 0.1) is 24.4 Å². The van der Waals surface area contributed by atoms with Crippen molar-refractivity contribution in [1.82, 2.24) is 9.47 Å². The van der Waals surface area contributed by atoms with E-state index in [-0.39, 0.29) is 0 Å². The summed E-state index contributed by atoms with van der Waals surface area (Å²) in [5.74, 6) is 0.848. The number of ether oxygens (including phenoxy) is 1. The van der Waals surface area contributed by atoms with Crippen LogP contribution in [0, 0.1) is 6.92 Å². The second-order valence-electron chi connectivity index (χ2n) is 7.60. The molecule has 1 aromatic carbocycles. The largest absolute Gasteiger partial charge is 0.402 e. The van der Waals surface area contributed by atoms with Gasteiger partial charge in [-0.25, -0.2) is 4.99 Å². The smallest absolute Gasteiger partial charge is 0.155 e. The van der Waals surface area contributed by atoms with E-state index < -0.39 is 0 Å². The summed E-state index contributed by atoms with van der Waals surface area (Å²) in [6.07, 6.45) is 7.89. The molecule has 1 saturated heterocycles. The molecule has 2 aromatic rings. The summed E-state index contributed by atoms with van der Waals surface area (Å²) in [7, 11) is 0. The van der Waals surface area contributed by atoms with Gasteiger partial charge in [-0.1, -0.05) is 50.8 Å². The molecule has 0 saturated carbocycles. The van der Waals surface area contributed by atoms with Crippen LogP contribution in [-0.2, 0) is 4.74 Å². The second kappa shape index (κ2) is 10.2. The number of hydrogen-bond donors (Lipinski definition) is 2. The summed E-state index contributed by atoms with van der Waals surface area (Å²) in [5.41, 5.74) is 17.0. The minimum Gasteiger partial charge on any atom is -0.402 e. The molecule has 1 aliphatic rings. The van der Waals surface area contributed by atoms with Crippen LogP contribution in [0.2, 0.25) is 0 Å². The van der Waals surface area contributed by atoms with Gasteiger partial charge in [-0.05, 0) is 31.1 Å². The van der Waals surface area contributed by atoms with Crippen LogP contribution < -0.4 is 11.5 Å². The number of aryl methyl sites for hydroxylation is 1. The van der Waals surface area contributed by atoms with Crippen molar-refractivity contribution in [2.24, 2.45) is 16.5 Å². The third kappa shape index (κ3) is 4.75. The fourth-order valence-corrected chi connectivity index (χ4v) is 3.75. The van der Waals surface area contributed by atoms with Crippen molar-refractivity contribution in [3.63, 3.8) is 0 Å². The number of nitrogens with zero attached hydrogens (tertiary/aromatic N) is 3. The van der Waals surface area contributed by atoms with Gasteiger partial charge < -0.3 is 21.1 Å². The van der Waals surface area contributed by atoms with E-state index in [1.807, 2.05) is 12.1 Å². The first-order valence-electron chi connectivity index (χ1n) is 10.7. The van der Waals surface area contributed by atoms with E-state index in [2.05, 4.69) is 65.7 Å². The summed E-state index contributed by atoms with van der Waals surface area (Å²) in [5, 5.41) is 1.16. The van der Waals surface area contributed by atoms with Crippen molar-refractivity contribution >= 4 is 28.6 Å². The Balaban J connectivity index is 2.00. The topological polar surface area (TPSA) is 81.8 Å². The minimum absolute atomic E-state index is 0.298. The van der Waals surface area contributed by atoms with Crippen LogP contribution in [0.15, 0.2) is 66.0 Å². The maximum atomic E-state index is 6.37. The molecule has 164 valence electrons. The summed E-state index contributed by atoms with van der Waals surface area (Å²) in [6.45, 7) is 15.4. The SMILES string of the molecule is C=C(C(=C)N1CCOCC1)/C(N)=N\C(=C/N)n1c(/C=C\CCC)c(C)c2ccccc21. The van der Waals surface area contributed by atoms with E-state index in [1.54, 1.807) is 0 Å². The average Bonchev–Trinajstić information content (AvgIpc) is 3.09. The summed E-state index contributed by atoms with van der Waals surface area (Å²) < 4.78 is 7.47. The van der Waals surface area contributed by atoms with Crippen LogP contribution in [0.4, 0.5) is 0 Å². The predicted octanol–water partition coefficient (Wildman–Crippen LogP) is 4.24. The molecular weight excluding hydrogens is 386 g/mol. The van der Waals surface area contributed by atoms with Gasteiger partial charge in [0.25, 0.3) is 0 Å². The molecule has 1 aliphatic heterocycles. The van der Waals surface area contributed by atoms with E-state index in [0.29, 0.717) is 30.4 Å². The molecule has 1 aromatic heterocycles. The predicted molar refractivity (Wildman–Crippen MR) is 131 cm³/mol. The molecule has 6 nitrogen and oxygen atoms in total. The molecule has 0 bridgehead atoms. The first kappa shape index (κ1) is 22.4. The number of benzene rings is 1. The molecule has 31 heavy (non-hydrogen) atoms. The number of allylic oxidation sites excluding steroid dienone is 1. The molecule has 1 fully saturated rings. The van der Waals surface area contributed by atoms with Crippen LogP contribution in [0.1, 0.15) is 31.0 Å². The normalized spacial score (nSPS) is 15.7. The highest BCUT2D eigenvalue weighted by molar-refractivity contribution is 6.02. The van der Waals surface area contributed by atoms with Crippen molar-refractivity contribution in [2.75, 3.05) is 26.3 Å². The standard InChI is InChI=1S/C25H33N5O/c1-5-6-7-11-22-19(3)21-10-8-9-12-23(21)30(22)24(17-26)28-25(27)18(2)20(4)29-13-15-31-16-14-29/h7-12,17H,2,4-6,13-16,26H2,1,3H3,(H2,27,28)/b11-7-,24-17+. The zero-order valence-corrected chi connectivity index (χ0v) is 18.6. The first-order valence-corrected chi connectivity index (χ1v) is 10.7. The van der Waals surface area contributed by atoms with Crippen molar-refractivity contribution in [1.29, 1.82) is 0 Å². The fourth-order valence-electron chi connectivity index (χ4n) is 3.75. The van der Waals surface area contributed by atoms with E-state index in [0.717, 1.165) is 48.2 Å². The Morgan fingerprint density at radius 3 is 2.61 bits per heavy atom. The van der Waals surface area contributed by atoms with Gasteiger partial charge in [0.15, 0.2) is 5.82 Å². The van der Waals surface area contributed by atoms with Gasteiger partial charge in [-0.15, -0.1) is 0 Å². The Bertz CT molecular complexity index is 1050. The van der Waals surface area contributed by atoms with Crippen LogP contribution >= 0.6 is 0 Å². The lowest BCUT2D eigenvalue weighted by Gasteiger charge is -2.31. The number of morpholine rings is 1. The Morgan fingerprint density at radius 1 is 1.23 bits per heavy atom. The van der Waals surface area contributed by atoms with Crippen molar-refractivity contribution in [3.05, 3.63) is 72.2 Å². The highest BCUT2D eigenvalue weighted by Crippen LogP contribution is 2.30. The quantitative estimate of drug-likeness (QED) is 0.381. The zero-order valence-electron chi connectivity index (χ0n) is 18.6. The number of aromatic nitrogens is 1. The van der Waals surface area contributed by atoms with Crippen LogP contribution in [-0.4, -0.2) is 41.6 Å². The molecule has 0 aliphatic carbocycles. The molecule has 0 atom stereocenters. The van der Waals surface area contributed by atoms with Crippen molar-refractivity contribution < 1.29 is 4.74 Å². The van der Waals surface area contributed by atoms with Gasteiger partial charge >= 0.3 is 0 Å². The van der Waals surface area contributed by atoms with E-state index in [1.165, 1.54) is 11.8 Å².